The second-order valence-corrected chi connectivity index (χ2v) is 5.49. The molecule has 0 saturated carbocycles. The van der Waals surface area contributed by atoms with Crippen molar-refractivity contribution < 1.29 is 0 Å². The average Bonchev–Trinajstić information content (AvgIpc) is 2.94. The Balaban J connectivity index is 2.18. The highest BCUT2D eigenvalue weighted by Crippen LogP contribution is 2.19. The van der Waals surface area contributed by atoms with Crippen LogP contribution in [0.25, 0.3) is 0 Å². The van der Waals surface area contributed by atoms with Gasteiger partial charge in [-0.25, -0.2) is 14.6 Å². The first-order chi connectivity index (χ1) is 8.61. The van der Waals surface area contributed by atoms with Crippen LogP contribution < -0.4 is 11.3 Å². The van der Waals surface area contributed by atoms with Gasteiger partial charge in [-0.15, -0.1) is 11.3 Å². The van der Waals surface area contributed by atoms with Crippen LogP contribution in [0, 0.1) is 6.92 Å². The molecule has 1 atom stereocenters. The molecule has 0 radical (unpaired) electrons. The lowest BCUT2D eigenvalue weighted by molar-refractivity contribution is 0.464. The van der Waals surface area contributed by atoms with Crippen molar-refractivity contribution in [2.45, 2.75) is 39.3 Å². The van der Waals surface area contributed by atoms with Crippen LogP contribution in [0.3, 0.4) is 0 Å². The first-order valence-corrected chi connectivity index (χ1v) is 6.76. The van der Waals surface area contributed by atoms with E-state index in [0.29, 0.717) is 6.42 Å². The van der Waals surface area contributed by atoms with Gasteiger partial charge in [0.1, 0.15) is 12.2 Å². The summed E-state index contributed by atoms with van der Waals surface area (Å²) >= 11 is 1.62. The molecule has 2 rings (SSSR count). The smallest absolute Gasteiger partial charge is 0.138 e. The van der Waals surface area contributed by atoms with E-state index in [1.807, 2.05) is 17.0 Å². The van der Waals surface area contributed by atoms with Crippen LogP contribution in [0.1, 0.15) is 42.5 Å². The summed E-state index contributed by atoms with van der Waals surface area (Å²) in [5, 5.41) is 7.28. The number of hydrazine groups is 1. The highest BCUT2D eigenvalue weighted by molar-refractivity contribution is 7.09. The second-order valence-electron chi connectivity index (χ2n) is 4.43. The number of nitrogens with zero attached hydrogens (tertiary/aromatic N) is 4. The molecule has 0 saturated heterocycles. The van der Waals surface area contributed by atoms with Gasteiger partial charge in [-0.1, -0.05) is 0 Å². The Kier molecular flexibility index (Phi) is 4.05. The summed E-state index contributed by atoms with van der Waals surface area (Å²) in [5.74, 6) is 6.53. The Morgan fingerprint density at radius 1 is 1.50 bits per heavy atom. The van der Waals surface area contributed by atoms with Crippen LogP contribution in [0.4, 0.5) is 0 Å². The zero-order valence-corrected chi connectivity index (χ0v) is 11.6. The van der Waals surface area contributed by atoms with Crippen molar-refractivity contribution in [1.29, 1.82) is 0 Å². The maximum Gasteiger partial charge on any atom is 0.138 e. The van der Waals surface area contributed by atoms with Crippen molar-refractivity contribution >= 4 is 11.3 Å². The number of hydrogen-bond donors (Lipinski definition) is 2. The number of nitrogens with one attached hydrogen (secondary N) is 1. The van der Waals surface area contributed by atoms with Gasteiger partial charge < -0.3 is 0 Å². The SMILES string of the molecule is Cc1nc(C(Cc2ncnn2C(C)C)NN)cs1. The summed E-state index contributed by atoms with van der Waals surface area (Å²) < 4.78 is 1.91. The van der Waals surface area contributed by atoms with Crippen molar-refractivity contribution in [2.24, 2.45) is 5.84 Å². The zero-order chi connectivity index (χ0) is 13.1. The second kappa shape index (κ2) is 5.55. The van der Waals surface area contributed by atoms with Crippen molar-refractivity contribution in [3.63, 3.8) is 0 Å². The maximum atomic E-state index is 5.61. The number of rotatable bonds is 5. The average molecular weight is 266 g/mol. The minimum absolute atomic E-state index is 0.0309. The summed E-state index contributed by atoms with van der Waals surface area (Å²) in [4.78, 5) is 8.74. The van der Waals surface area contributed by atoms with Crippen molar-refractivity contribution in [2.75, 3.05) is 0 Å². The monoisotopic (exact) mass is 266 g/mol. The third-order valence-corrected chi connectivity index (χ3v) is 3.51. The fraction of sp³-hybridized carbons (Fsp3) is 0.545. The first kappa shape index (κ1) is 13.1. The van der Waals surface area contributed by atoms with Gasteiger partial charge in [0.15, 0.2) is 0 Å². The molecule has 0 aliphatic carbocycles. The van der Waals surface area contributed by atoms with Gasteiger partial charge in [0, 0.05) is 17.8 Å². The van der Waals surface area contributed by atoms with Crippen molar-refractivity contribution in [3.8, 4) is 0 Å². The van der Waals surface area contributed by atoms with Crippen LogP contribution in [0.2, 0.25) is 0 Å². The van der Waals surface area contributed by atoms with E-state index >= 15 is 0 Å². The van der Waals surface area contributed by atoms with Crippen LogP contribution in [-0.4, -0.2) is 19.7 Å². The molecule has 0 spiro atoms. The van der Waals surface area contributed by atoms with Crippen LogP contribution in [0.5, 0.6) is 0 Å². The van der Waals surface area contributed by atoms with Crippen LogP contribution >= 0.6 is 11.3 Å². The quantitative estimate of drug-likeness (QED) is 0.631. The number of aromatic nitrogens is 4. The highest BCUT2D eigenvalue weighted by atomic mass is 32.1. The van der Waals surface area contributed by atoms with Gasteiger partial charge in [0.05, 0.1) is 16.7 Å². The largest absolute Gasteiger partial charge is 0.271 e. The number of thiazole rings is 1. The topological polar surface area (TPSA) is 81.7 Å². The normalized spacial score (nSPS) is 13.2. The zero-order valence-electron chi connectivity index (χ0n) is 10.8. The first-order valence-electron chi connectivity index (χ1n) is 5.88. The van der Waals surface area contributed by atoms with E-state index in [9.17, 15) is 0 Å². The minimum Gasteiger partial charge on any atom is -0.271 e. The van der Waals surface area contributed by atoms with Gasteiger partial charge in [0.2, 0.25) is 0 Å². The highest BCUT2D eigenvalue weighted by Gasteiger charge is 2.17. The molecule has 3 N–H and O–H groups in total. The third-order valence-electron chi connectivity index (χ3n) is 2.72. The molecule has 98 valence electrons. The maximum absolute atomic E-state index is 5.61. The van der Waals surface area contributed by atoms with Gasteiger partial charge in [-0.2, -0.15) is 5.10 Å². The lowest BCUT2D eigenvalue weighted by atomic mass is 10.1. The van der Waals surface area contributed by atoms with E-state index in [1.54, 1.807) is 17.7 Å². The van der Waals surface area contributed by atoms with Crippen LogP contribution in [0.15, 0.2) is 11.7 Å². The molecule has 0 aliphatic rings. The molecule has 2 aromatic rings. The fourth-order valence-corrected chi connectivity index (χ4v) is 2.49. The molecule has 0 bridgehead atoms. The molecule has 0 amide bonds. The molecule has 18 heavy (non-hydrogen) atoms. The van der Waals surface area contributed by atoms with E-state index in [1.165, 1.54) is 0 Å². The van der Waals surface area contributed by atoms with Gasteiger partial charge in [0.25, 0.3) is 0 Å². The summed E-state index contributed by atoms with van der Waals surface area (Å²) in [7, 11) is 0. The molecule has 0 aromatic carbocycles. The Bertz CT molecular complexity index is 503. The lowest BCUT2D eigenvalue weighted by Crippen LogP contribution is -2.31. The molecular formula is C11H18N6S. The molecule has 2 heterocycles. The van der Waals surface area contributed by atoms with Gasteiger partial charge >= 0.3 is 0 Å². The molecule has 6 nitrogen and oxygen atoms in total. The molecule has 7 heteroatoms. The molecule has 1 unspecified atom stereocenters. The molecule has 0 aliphatic heterocycles. The standard InChI is InChI=1S/C11H18N6S/c1-7(2)17-11(13-6-14-17)4-9(16-12)10-5-18-8(3)15-10/h5-7,9,16H,4,12H2,1-3H3. The Morgan fingerprint density at radius 2 is 2.28 bits per heavy atom. The Hall–Kier alpha value is -1.31. The van der Waals surface area contributed by atoms with E-state index in [2.05, 4.69) is 34.3 Å². The van der Waals surface area contributed by atoms with Crippen molar-refractivity contribution in [1.82, 2.24) is 25.2 Å². The van der Waals surface area contributed by atoms with Gasteiger partial charge in [-0.05, 0) is 20.8 Å². The lowest BCUT2D eigenvalue weighted by Gasteiger charge is -2.15. The van der Waals surface area contributed by atoms with Crippen LogP contribution in [-0.2, 0) is 6.42 Å². The third kappa shape index (κ3) is 2.74. The summed E-state index contributed by atoms with van der Waals surface area (Å²) in [6.45, 7) is 6.14. The molecule has 0 fully saturated rings. The van der Waals surface area contributed by atoms with E-state index in [-0.39, 0.29) is 12.1 Å². The predicted octanol–water partition coefficient (Wildman–Crippen LogP) is 1.37. The Labute approximate surface area is 110 Å². The summed E-state index contributed by atoms with van der Waals surface area (Å²) in [6, 6.07) is 0.259. The number of aryl methyl sites for hydroxylation is 1. The Morgan fingerprint density at radius 3 is 2.83 bits per heavy atom. The van der Waals surface area contributed by atoms with E-state index < -0.39 is 0 Å². The van der Waals surface area contributed by atoms with E-state index in [0.717, 1.165) is 16.5 Å². The van der Waals surface area contributed by atoms with Gasteiger partial charge in [-0.3, -0.25) is 11.3 Å². The predicted molar refractivity (Wildman–Crippen MR) is 71.0 cm³/mol. The minimum atomic E-state index is -0.0309. The summed E-state index contributed by atoms with van der Waals surface area (Å²) in [5.41, 5.74) is 3.76. The molecule has 2 aromatic heterocycles. The number of hydrogen-bond acceptors (Lipinski definition) is 6. The number of nitrogens with two attached hydrogens (primary N) is 1. The fourth-order valence-electron chi connectivity index (χ4n) is 1.82. The van der Waals surface area contributed by atoms with Crippen molar-refractivity contribution in [3.05, 3.63) is 28.2 Å². The molecular weight excluding hydrogens is 248 g/mol. The van der Waals surface area contributed by atoms with E-state index in [4.69, 9.17) is 5.84 Å². The summed E-state index contributed by atoms with van der Waals surface area (Å²) in [6.07, 6.45) is 2.26.